The van der Waals surface area contributed by atoms with E-state index in [1.807, 2.05) is 0 Å². The Bertz CT molecular complexity index is 692. The summed E-state index contributed by atoms with van der Waals surface area (Å²) in [6.45, 7) is 0.268. The fourth-order valence-corrected chi connectivity index (χ4v) is 3.05. The van der Waals surface area contributed by atoms with E-state index < -0.39 is 46.7 Å². The maximum absolute atomic E-state index is 12.9. The van der Waals surface area contributed by atoms with Gasteiger partial charge in [0.2, 0.25) is 11.8 Å². The van der Waals surface area contributed by atoms with Gasteiger partial charge in [-0.2, -0.15) is 26.3 Å². The Hall–Kier alpha value is -1.91. The lowest BCUT2D eigenvalue weighted by atomic mass is 10.0. The molecule has 0 aliphatic carbocycles. The van der Waals surface area contributed by atoms with Crippen molar-refractivity contribution in [1.29, 1.82) is 0 Å². The summed E-state index contributed by atoms with van der Waals surface area (Å²) in [5.74, 6) is -2.12. The quantitative estimate of drug-likeness (QED) is 0.722. The van der Waals surface area contributed by atoms with Crippen molar-refractivity contribution in [3.8, 4) is 0 Å². The molecule has 1 fully saturated rings. The van der Waals surface area contributed by atoms with E-state index >= 15 is 0 Å². The van der Waals surface area contributed by atoms with Crippen LogP contribution in [-0.2, 0) is 15.8 Å². The number of thioether (sulfide) groups is 1. The molecule has 1 aliphatic rings. The maximum Gasteiger partial charge on any atom is 0.442 e. The van der Waals surface area contributed by atoms with E-state index in [0.29, 0.717) is 13.0 Å². The van der Waals surface area contributed by atoms with Gasteiger partial charge in [0.15, 0.2) is 0 Å². The van der Waals surface area contributed by atoms with Gasteiger partial charge in [0.05, 0.1) is 17.4 Å². The smallest absolute Gasteiger partial charge is 0.347 e. The van der Waals surface area contributed by atoms with Gasteiger partial charge in [0.1, 0.15) is 0 Å². The minimum Gasteiger partial charge on any atom is -0.347 e. The van der Waals surface area contributed by atoms with E-state index in [2.05, 4.69) is 5.32 Å². The van der Waals surface area contributed by atoms with E-state index in [4.69, 9.17) is 0 Å². The van der Waals surface area contributed by atoms with Crippen LogP contribution in [0.3, 0.4) is 0 Å². The molecule has 150 valence electrons. The predicted octanol–water partition coefficient (Wildman–Crippen LogP) is 3.74. The van der Waals surface area contributed by atoms with Crippen LogP contribution in [0.25, 0.3) is 0 Å². The van der Waals surface area contributed by atoms with Crippen molar-refractivity contribution < 1.29 is 35.9 Å². The number of halogens is 6. The molecule has 0 bridgehead atoms. The van der Waals surface area contributed by atoms with Gasteiger partial charge in [0, 0.05) is 19.5 Å². The summed E-state index contributed by atoms with van der Waals surface area (Å²) in [4.78, 5) is 25.0. The van der Waals surface area contributed by atoms with Crippen molar-refractivity contribution in [3.63, 3.8) is 0 Å². The van der Waals surface area contributed by atoms with Crippen molar-refractivity contribution in [2.24, 2.45) is 0 Å². The summed E-state index contributed by atoms with van der Waals surface area (Å²) < 4.78 is 75.5. The molecule has 1 saturated heterocycles. The third-order valence-corrected chi connectivity index (χ3v) is 4.63. The molecule has 0 radical (unpaired) electrons. The molecule has 1 heterocycles. The van der Waals surface area contributed by atoms with Crippen molar-refractivity contribution in [2.45, 2.75) is 30.6 Å². The van der Waals surface area contributed by atoms with Crippen LogP contribution in [0, 0.1) is 0 Å². The lowest BCUT2D eigenvalue weighted by Crippen LogP contribution is -2.39. The van der Waals surface area contributed by atoms with Gasteiger partial charge < -0.3 is 10.2 Å². The van der Waals surface area contributed by atoms with Gasteiger partial charge in [-0.3, -0.25) is 9.59 Å². The zero-order valence-corrected chi connectivity index (χ0v) is 14.7. The highest BCUT2D eigenvalue weighted by Crippen LogP contribution is 2.32. The van der Waals surface area contributed by atoms with E-state index in [0.717, 1.165) is 18.2 Å². The van der Waals surface area contributed by atoms with E-state index in [1.165, 1.54) is 11.0 Å². The molecule has 27 heavy (non-hydrogen) atoms. The number of rotatable bonds is 6. The first-order valence-corrected chi connectivity index (χ1v) is 8.89. The average molecular weight is 414 g/mol. The molecule has 2 amide bonds. The number of nitrogens with one attached hydrogen (secondary N) is 1. The third kappa shape index (κ3) is 6.64. The van der Waals surface area contributed by atoms with E-state index in [-0.39, 0.29) is 24.4 Å². The standard InChI is InChI=1S/C16H16F6N2O2S/c17-15(18,19)11-4-1-3-10(7-11)12(8-24-6-2-5-14(24)26)23-13(25)9-27-16(20,21)22/h1,3-4,7,12H,2,5-6,8-9H2,(H,23,25). The fourth-order valence-electron chi connectivity index (χ4n) is 2.67. The molecule has 0 saturated carbocycles. The van der Waals surface area contributed by atoms with E-state index in [9.17, 15) is 35.9 Å². The summed E-state index contributed by atoms with van der Waals surface area (Å²) in [7, 11) is 0. The number of alkyl halides is 6. The molecular formula is C16H16F6N2O2S. The molecule has 1 aromatic rings. The molecule has 11 heteroatoms. The fraction of sp³-hybridized carbons (Fsp3) is 0.500. The predicted molar refractivity (Wildman–Crippen MR) is 86.7 cm³/mol. The largest absolute Gasteiger partial charge is 0.442 e. The molecule has 1 unspecified atom stereocenters. The Morgan fingerprint density at radius 2 is 1.93 bits per heavy atom. The van der Waals surface area contributed by atoms with Crippen LogP contribution in [0.1, 0.15) is 30.0 Å². The Morgan fingerprint density at radius 3 is 2.48 bits per heavy atom. The monoisotopic (exact) mass is 414 g/mol. The van der Waals surface area contributed by atoms with Crippen molar-refractivity contribution in [3.05, 3.63) is 35.4 Å². The second-order valence-corrected chi connectivity index (χ2v) is 6.96. The normalized spacial score (nSPS) is 16.5. The van der Waals surface area contributed by atoms with Crippen LogP contribution in [-0.4, -0.2) is 41.1 Å². The number of carbonyl (C=O) groups is 2. The third-order valence-electron chi connectivity index (χ3n) is 3.89. The number of benzene rings is 1. The number of likely N-dealkylation sites (tertiary alicyclic amines) is 1. The van der Waals surface area contributed by atoms with E-state index in [1.54, 1.807) is 0 Å². The number of hydrogen-bond acceptors (Lipinski definition) is 3. The first-order chi connectivity index (χ1) is 12.5. The van der Waals surface area contributed by atoms with Gasteiger partial charge in [0.25, 0.3) is 0 Å². The second kappa shape index (κ2) is 8.41. The molecule has 1 aliphatic heterocycles. The van der Waals surface area contributed by atoms with Crippen LogP contribution in [0.2, 0.25) is 0 Å². The Morgan fingerprint density at radius 1 is 1.22 bits per heavy atom. The van der Waals surface area contributed by atoms with Crippen LogP contribution >= 0.6 is 11.8 Å². The van der Waals surface area contributed by atoms with Gasteiger partial charge in [-0.25, -0.2) is 0 Å². The van der Waals surface area contributed by atoms with Gasteiger partial charge in [-0.15, -0.1) is 0 Å². The summed E-state index contributed by atoms with van der Waals surface area (Å²) in [5.41, 5.74) is -5.49. The highest BCUT2D eigenvalue weighted by molar-refractivity contribution is 8.00. The first kappa shape index (κ1) is 21.4. The molecule has 0 aromatic heterocycles. The zero-order chi connectivity index (χ0) is 20.2. The number of nitrogens with zero attached hydrogens (tertiary/aromatic N) is 1. The number of hydrogen-bond donors (Lipinski definition) is 1. The lowest BCUT2D eigenvalue weighted by molar-refractivity contribution is -0.137. The molecular weight excluding hydrogens is 398 g/mol. The summed E-state index contributed by atoms with van der Waals surface area (Å²) in [6.07, 6.45) is -3.75. The SMILES string of the molecule is O=C(CSC(F)(F)F)NC(CN1CCCC1=O)c1cccc(C(F)(F)F)c1. The average Bonchev–Trinajstić information content (AvgIpc) is 2.96. The Labute approximate surface area is 155 Å². The number of amides is 2. The topological polar surface area (TPSA) is 49.4 Å². The van der Waals surface area contributed by atoms with Crippen LogP contribution in [0.4, 0.5) is 26.3 Å². The van der Waals surface area contributed by atoms with Crippen molar-refractivity contribution in [2.75, 3.05) is 18.8 Å². The highest BCUT2D eigenvalue weighted by atomic mass is 32.2. The second-order valence-electron chi connectivity index (χ2n) is 5.92. The first-order valence-electron chi connectivity index (χ1n) is 7.91. The molecule has 2 rings (SSSR count). The highest BCUT2D eigenvalue weighted by Gasteiger charge is 2.33. The van der Waals surface area contributed by atoms with Crippen LogP contribution < -0.4 is 5.32 Å². The molecule has 4 nitrogen and oxygen atoms in total. The van der Waals surface area contributed by atoms with Crippen molar-refractivity contribution >= 4 is 23.6 Å². The summed E-state index contributed by atoms with van der Waals surface area (Å²) in [5, 5.41) is 2.31. The molecule has 1 atom stereocenters. The Kier molecular flexibility index (Phi) is 6.66. The van der Waals surface area contributed by atoms with Gasteiger partial charge >= 0.3 is 11.7 Å². The van der Waals surface area contributed by atoms with Gasteiger partial charge in [-0.05, 0) is 35.9 Å². The van der Waals surface area contributed by atoms with Crippen LogP contribution in [0.5, 0.6) is 0 Å². The lowest BCUT2D eigenvalue weighted by Gasteiger charge is -2.26. The minimum atomic E-state index is -4.61. The molecule has 1 aromatic carbocycles. The molecule has 1 N–H and O–H groups in total. The zero-order valence-electron chi connectivity index (χ0n) is 13.9. The number of carbonyl (C=O) groups excluding carboxylic acids is 2. The van der Waals surface area contributed by atoms with Crippen molar-refractivity contribution in [1.82, 2.24) is 10.2 Å². The summed E-state index contributed by atoms with van der Waals surface area (Å²) >= 11 is -0.543. The Balaban J connectivity index is 2.19. The molecule has 0 spiro atoms. The summed E-state index contributed by atoms with van der Waals surface area (Å²) in [6, 6.07) is 3.10. The van der Waals surface area contributed by atoms with Gasteiger partial charge in [-0.1, -0.05) is 12.1 Å². The van der Waals surface area contributed by atoms with Crippen LogP contribution in [0.15, 0.2) is 24.3 Å². The maximum atomic E-state index is 12.9. The minimum absolute atomic E-state index is 0.0647.